The fourth-order valence-corrected chi connectivity index (χ4v) is 1.76. The van der Waals surface area contributed by atoms with Crippen molar-refractivity contribution < 1.29 is 10.2 Å². The molecule has 1 aromatic carbocycles. The molecule has 0 aliphatic rings. The first-order valence-corrected chi connectivity index (χ1v) is 5.56. The van der Waals surface area contributed by atoms with E-state index in [1.165, 1.54) is 17.0 Å². The predicted molar refractivity (Wildman–Crippen MR) is 67.0 cm³/mol. The quantitative estimate of drug-likeness (QED) is 0.667. The molecule has 18 heavy (non-hydrogen) atoms. The van der Waals surface area contributed by atoms with Crippen molar-refractivity contribution in [3.63, 3.8) is 0 Å². The minimum Gasteiger partial charge on any atom is -0.389 e. The van der Waals surface area contributed by atoms with Crippen LogP contribution in [0.5, 0.6) is 0 Å². The Morgan fingerprint density at radius 2 is 2.17 bits per heavy atom. The summed E-state index contributed by atoms with van der Waals surface area (Å²) in [5.74, 6) is 0. The normalized spacial score (nSPS) is 14.7. The molecule has 6 nitrogen and oxygen atoms in total. The molecular weight excluding hydrogens is 234 g/mol. The van der Waals surface area contributed by atoms with Crippen molar-refractivity contribution >= 4 is 10.9 Å². The van der Waals surface area contributed by atoms with Gasteiger partial charge in [0.1, 0.15) is 6.10 Å². The highest BCUT2D eigenvalue weighted by atomic mass is 16.3. The van der Waals surface area contributed by atoms with Gasteiger partial charge in [-0.1, -0.05) is 6.07 Å². The summed E-state index contributed by atoms with van der Waals surface area (Å²) in [6.45, 7) is -0.0513. The Morgan fingerprint density at radius 3 is 2.83 bits per heavy atom. The number of nitrogens with zero attached hydrogens (tertiary/aromatic N) is 2. The second-order valence-electron chi connectivity index (χ2n) is 4.19. The van der Waals surface area contributed by atoms with Crippen LogP contribution in [-0.4, -0.2) is 32.4 Å². The van der Waals surface area contributed by atoms with Crippen LogP contribution < -0.4 is 11.3 Å². The van der Waals surface area contributed by atoms with E-state index < -0.39 is 12.2 Å². The number of aryl methyl sites for hydroxylation is 1. The third kappa shape index (κ3) is 2.13. The highest BCUT2D eigenvalue weighted by Gasteiger charge is 2.17. The van der Waals surface area contributed by atoms with E-state index >= 15 is 0 Å². The summed E-state index contributed by atoms with van der Waals surface area (Å²) in [6, 6.07) is 4.80. The Labute approximate surface area is 103 Å². The molecule has 1 aromatic heterocycles. The van der Waals surface area contributed by atoms with Crippen molar-refractivity contribution in [3.05, 3.63) is 40.4 Å². The van der Waals surface area contributed by atoms with E-state index in [0.717, 1.165) is 0 Å². The number of aliphatic hydroxyl groups excluding tert-OH is 2. The molecule has 6 heteroatoms. The highest BCUT2D eigenvalue weighted by molar-refractivity contribution is 5.78. The molecule has 0 saturated carbocycles. The molecule has 0 spiro atoms. The van der Waals surface area contributed by atoms with Gasteiger partial charge in [-0.25, -0.2) is 4.98 Å². The number of hydrogen-bond donors (Lipinski definition) is 3. The van der Waals surface area contributed by atoms with Crippen molar-refractivity contribution in [3.8, 4) is 0 Å². The number of nitrogens with two attached hydrogens (primary N) is 1. The molecule has 1 heterocycles. The van der Waals surface area contributed by atoms with Crippen molar-refractivity contribution in [2.75, 3.05) is 6.54 Å². The van der Waals surface area contributed by atoms with Gasteiger partial charge in [0.05, 0.1) is 23.3 Å². The highest BCUT2D eigenvalue weighted by Crippen LogP contribution is 2.19. The van der Waals surface area contributed by atoms with Crippen LogP contribution in [-0.2, 0) is 7.05 Å². The van der Waals surface area contributed by atoms with Gasteiger partial charge >= 0.3 is 0 Å². The number of aliphatic hydroxyl groups is 2. The third-order valence-corrected chi connectivity index (χ3v) is 2.89. The summed E-state index contributed by atoms with van der Waals surface area (Å²) in [5, 5.41) is 19.8. The first-order valence-electron chi connectivity index (χ1n) is 5.56. The van der Waals surface area contributed by atoms with E-state index in [1.54, 1.807) is 19.2 Å². The molecule has 2 rings (SSSR count). The average molecular weight is 249 g/mol. The molecular formula is C12H15N3O3. The Kier molecular flexibility index (Phi) is 3.42. The van der Waals surface area contributed by atoms with Crippen LogP contribution in [0.25, 0.3) is 10.9 Å². The SMILES string of the molecule is Cn1cnc2ccc(C(O)C(O)CN)cc2c1=O. The molecule has 0 fully saturated rings. The van der Waals surface area contributed by atoms with Crippen molar-refractivity contribution in [1.29, 1.82) is 0 Å². The summed E-state index contributed by atoms with van der Waals surface area (Å²) in [6.07, 6.45) is -0.720. The Bertz CT molecular complexity index is 623. The van der Waals surface area contributed by atoms with E-state index in [1.807, 2.05) is 0 Å². The van der Waals surface area contributed by atoms with Crippen LogP contribution >= 0.6 is 0 Å². The summed E-state index contributed by atoms with van der Waals surface area (Å²) in [5.41, 5.74) is 6.09. The van der Waals surface area contributed by atoms with Crippen molar-refractivity contribution in [2.24, 2.45) is 12.8 Å². The molecule has 2 atom stereocenters. The van der Waals surface area contributed by atoms with Crippen LogP contribution in [0.3, 0.4) is 0 Å². The van der Waals surface area contributed by atoms with Gasteiger partial charge in [-0.2, -0.15) is 0 Å². The maximum atomic E-state index is 11.9. The number of rotatable bonds is 3. The Hall–Kier alpha value is -1.76. The lowest BCUT2D eigenvalue weighted by Crippen LogP contribution is -2.27. The summed E-state index contributed by atoms with van der Waals surface area (Å²) in [4.78, 5) is 16.0. The first-order chi connectivity index (χ1) is 8.54. The van der Waals surface area contributed by atoms with Crippen LogP contribution in [0.15, 0.2) is 29.3 Å². The topological polar surface area (TPSA) is 101 Å². The summed E-state index contributed by atoms with van der Waals surface area (Å²) < 4.78 is 1.36. The lowest BCUT2D eigenvalue weighted by molar-refractivity contribution is 0.0244. The first kappa shape index (κ1) is 12.7. The Morgan fingerprint density at radius 1 is 1.44 bits per heavy atom. The van der Waals surface area contributed by atoms with Gasteiger partial charge in [0.15, 0.2) is 0 Å². The van der Waals surface area contributed by atoms with E-state index in [0.29, 0.717) is 16.5 Å². The van der Waals surface area contributed by atoms with Crippen molar-refractivity contribution in [2.45, 2.75) is 12.2 Å². The second kappa shape index (κ2) is 4.85. The molecule has 0 aliphatic heterocycles. The van der Waals surface area contributed by atoms with E-state index in [4.69, 9.17) is 5.73 Å². The van der Waals surface area contributed by atoms with Gasteiger partial charge in [0.25, 0.3) is 5.56 Å². The number of aromatic nitrogens is 2. The Balaban J connectivity index is 2.56. The van der Waals surface area contributed by atoms with Gasteiger partial charge in [0.2, 0.25) is 0 Å². The number of hydrogen-bond acceptors (Lipinski definition) is 5. The van der Waals surface area contributed by atoms with Crippen LogP contribution in [0, 0.1) is 0 Å². The average Bonchev–Trinajstić information content (AvgIpc) is 2.41. The number of fused-ring (bicyclic) bond motifs is 1. The standard InChI is InChI=1S/C12H15N3O3/c1-15-6-14-9-3-2-7(4-8(9)12(15)18)11(17)10(16)5-13/h2-4,6,10-11,16-17H,5,13H2,1H3. The minimum atomic E-state index is -1.11. The molecule has 0 saturated heterocycles. The van der Waals surface area contributed by atoms with Gasteiger partial charge in [-0.15, -0.1) is 0 Å². The predicted octanol–water partition coefficient (Wildman–Crippen LogP) is -0.714. The molecule has 0 bridgehead atoms. The fourth-order valence-electron chi connectivity index (χ4n) is 1.76. The lowest BCUT2D eigenvalue weighted by Gasteiger charge is -2.16. The van der Waals surface area contributed by atoms with Crippen LogP contribution in [0.1, 0.15) is 11.7 Å². The van der Waals surface area contributed by atoms with E-state index in [-0.39, 0.29) is 12.1 Å². The zero-order valence-corrected chi connectivity index (χ0v) is 9.95. The van der Waals surface area contributed by atoms with Crippen LogP contribution in [0.4, 0.5) is 0 Å². The van der Waals surface area contributed by atoms with Gasteiger partial charge in [-0.3, -0.25) is 4.79 Å². The smallest absolute Gasteiger partial charge is 0.260 e. The minimum absolute atomic E-state index is 0.0513. The van der Waals surface area contributed by atoms with Crippen molar-refractivity contribution in [1.82, 2.24) is 9.55 Å². The lowest BCUT2D eigenvalue weighted by atomic mass is 10.0. The molecule has 4 N–H and O–H groups in total. The third-order valence-electron chi connectivity index (χ3n) is 2.89. The van der Waals surface area contributed by atoms with E-state index in [2.05, 4.69) is 4.98 Å². The summed E-state index contributed by atoms with van der Waals surface area (Å²) in [7, 11) is 1.60. The monoisotopic (exact) mass is 249 g/mol. The summed E-state index contributed by atoms with van der Waals surface area (Å²) >= 11 is 0. The fraction of sp³-hybridized carbons (Fsp3) is 0.333. The largest absolute Gasteiger partial charge is 0.389 e. The second-order valence-corrected chi connectivity index (χ2v) is 4.19. The van der Waals surface area contributed by atoms with Gasteiger partial charge in [0, 0.05) is 13.6 Å². The maximum Gasteiger partial charge on any atom is 0.260 e. The molecule has 2 unspecified atom stereocenters. The molecule has 2 aromatic rings. The van der Waals surface area contributed by atoms with Crippen LogP contribution in [0.2, 0.25) is 0 Å². The van der Waals surface area contributed by atoms with E-state index in [9.17, 15) is 15.0 Å². The number of benzene rings is 1. The molecule has 0 amide bonds. The zero-order chi connectivity index (χ0) is 13.3. The molecule has 0 radical (unpaired) electrons. The zero-order valence-electron chi connectivity index (χ0n) is 9.95. The van der Waals surface area contributed by atoms with Gasteiger partial charge in [-0.05, 0) is 17.7 Å². The van der Waals surface area contributed by atoms with Gasteiger partial charge < -0.3 is 20.5 Å². The molecule has 0 aliphatic carbocycles. The molecule has 96 valence electrons. The maximum absolute atomic E-state index is 11.9.